The molecule has 0 spiro atoms. The van der Waals surface area contributed by atoms with Gasteiger partial charge in [0.25, 0.3) is 5.89 Å². The summed E-state index contributed by atoms with van der Waals surface area (Å²) in [6.07, 6.45) is 1.29. The van der Waals surface area contributed by atoms with E-state index in [9.17, 15) is 0 Å². The third kappa shape index (κ3) is 3.39. The van der Waals surface area contributed by atoms with E-state index in [4.69, 9.17) is 18.4 Å². The predicted molar refractivity (Wildman–Crippen MR) is 90.4 cm³/mol. The van der Waals surface area contributed by atoms with Gasteiger partial charge in [-0.3, -0.25) is 0 Å². The molecule has 0 N–H and O–H groups in total. The lowest BCUT2D eigenvalue weighted by Gasteiger charge is -2.03. The normalized spacial score (nSPS) is 10.7. The van der Waals surface area contributed by atoms with Crippen molar-refractivity contribution < 1.29 is 18.4 Å². The molecule has 2 aromatic heterocycles. The van der Waals surface area contributed by atoms with Gasteiger partial charge in [0, 0.05) is 11.1 Å². The summed E-state index contributed by atoms with van der Waals surface area (Å²) in [6, 6.07) is 14.7. The number of nitrogens with zero attached hydrogens (tertiary/aromatic N) is 4. The smallest absolute Gasteiger partial charge is 0.258 e. The molecule has 2 aromatic carbocycles. The SMILES string of the molecule is COc1ccc(-c2nc(COc3ccc(-c4nnco4)cc3)no2)cc1. The first-order valence-electron chi connectivity index (χ1n) is 7.78. The lowest BCUT2D eigenvalue weighted by atomic mass is 10.2. The van der Waals surface area contributed by atoms with Crippen LogP contribution in [0.3, 0.4) is 0 Å². The molecule has 4 aromatic rings. The molecule has 0 unspecified atom stereocenters. The Hall–Kier alpha value is -3.68. The topological polar surface area (TPSA) is 96.3 Å². The molecule has 0 saturated carbocycles. The highest BCUT2D eigenvalue weighted by molar-refractivity contribution is 5.54. The van der Waals surface area contributed by atoms with Crippen molar-refractivity contribution in [1.29, 1.82) is 0 Å². The zero-order valence-electron chi connectivity index (χ0n) is 13.8. The minimum Gasteiger partial charge on any atom is -0.497 e. The second-order valence-corrected chi connectivity index (χ2v) is 5.30. The molecule has 4 rings (SSSR count). The highest BCUT2D eigenvalue weighted by Gasteiger charge is 2.10. The number of methoxy groups -OCH3 is 1. The Morgan fingerprint density at radius 3 is 2.23 bits per heavy atom. The minimum atomic E-state index is 0.194. The van der Waals surface area contributed by atoms with Crippen molar-refractivity contribution in [2.45, 2.75) is 6.61 Å². The van der Waals surface area contributed by atoms with Crippen molar-refractivity contribution in [2.75, 3.05) is 7.11 Å². The molecule has 0 bridgehead atoms. The average molecular weight is 350 g/mol. The van der Waals surface area contributed by atoms with Gasteiger partial charge in [0.2, 0.25) is 18.1 Å². The average Bonchev–Trinajstić information content (AvgIpc) is 3.39. The number of benzene rings is 2. The van der Waals surface area contributed by atoms with Crippen molar-refractivity contribution in [3.63, 3.8) is 0 Å². The number of hydrogen-bond donors (Lipinski definition) is 0. The molecule has 2 heterocycles. The highest BCUT2D eigenvalue weighted by atomic mass is 16.5. The molecule has 8 nitrogen and oxygen atoms in total. The summed E-state index contributed by atoms with van der Waals surface area (Å²) >= 11 is 0. The maximum Gasteiger partial charge on any atom is 0.258 e. The summed E-state index contributed by atoms with van der Waals surface area (Å²) in [4.78, 5) is 4.33. The summed E-state index contributed by atoms with van der Waals surface area (Å²) in [5, 5.41) is 11.4. The molecule has 0 aliphatic rings. The van der Waals surface area contributed by atoms with Crippen molar-refractivity contribution in [1.82, 2.24) is 20.3 Å². The predicted octanol–water partition coefficient (Wildman–Crippen LogP) is 3.37. The van der Waals surface area contributed by atoms with E-state index in [2.05, 4.69) is 20.3 Å². The van der Waals surface area contributed by atoms with Crippen LogP contribution in [0.2, 0.25) is 0 Å². The second-order valence-electron chi connectivity index (χ2n) is 5.30. The van der Waals surface area contributed by atoms with Crippen LogP contribution in [0.5, 0.6) is 11.5 Å². The van der Waals surface area contributed by atoms with Gasteiger partial charge in [0.1, 0.15) is 11.5 Å². The van der Waals surface area contributed by atoms with Gasteiger partial charge in [-0.05, 0) is 48.5 Å². The van der Waals surface area contributed by atoms with Gasteiger partial charge in [-0.2, -0.15) is 4.98 Å². The monoisotopic (exact) mass is 350 g/mol. The number of hydrogen-bond acceptors (Lipinski definition) is 8. The molecular weight excluding hydrogens is 336 g/mol. The molecule has 130 valence electrons. The number of aromatic nitrogens is 4. The lowest BCUT2D eigenvalue weighted by Crippen LogP contribution is -1.97. The maximum atomic E-state index is 5.68. The maximum absolute atomic E-state index is 5.68. The molecule has 8 heteroatoms. The van der Waals surface area contributed by atoms with Crippen LogP contribution in [0.25, 0.3) is 22.9 Å². The molecule has 0 atom stereocenters. The van der Waals surface area contributed by atoms with Crippen molar-refractivity contribution >= 4 is 0 Å². The fourth-order valence-electron chi connectivity index (χ4n) is 2.30. The molecule has 0 saturated heterocycles. The van der Waals surface area contributed by atoms with Crippen molar-refractivity contribution in [3.05, 3.63) is 60.7 Å². The standard InChI is InChI=1S/C18H14N4O4/c1-23-14-6-2-12(3-7-14)17-20-16(22-26-17)10-24-15-8-4-13(5-9-15)18-21-19-11-25-18/h2-9,11H,10H2,1H3. The summed E-state index contributed by atoms with van der Waals surface area (Å²) < 4.78 is 21.2. The van der Waals surface area contributed by atoms with Crippen molar-refractivity contribution in [3.8, 4) is 34.4 Å². The summed E-state index contributed by atoms with van der Waals surface area (Å²) in [5.41, 5.74) is 1.63. The van der Waals surface area contributed by atoms with E-state index in [1.54, 1.807) is 7.11 Å². The minimum absolute atomic E-state index is 0.194. The van der Waals surface area contributed by atoms with E-state index < -0.39 is 0 Å². The van der Waals surface area contributed by atoms with Crippen LogP contribution in [0.1, 0.15) is 5.82 Å². The second kappa shape index (κ2) is 7.06. The lowest BCUT2D eigenvalue weighted by molar-refractivity contribution is 0.287. The molecule has 0 aliphatic carbocycles. The van der Waals surface area contributed by atoms with Crippen LogP contribution in [-0.2, 0) is 6.61 Å². The van der Waals surface area contributed by atoms with E-state index in [-0.39, 0.29) is 6.61 Å². The fourth-order valence-corrected chi connectivity index (χ4v) is 2.30. The number of rotatable bonds is 6. The van der Waals surface area contributed by atoms with Gasteiger partial charge in [-0.1, -0.05) is 5.16 Å². The fraction of sp³-hybridized carbons (Fsp3) is 0.111. The molecule has 26 heavy (non-hydrogen) atoms. The van der Waals surface area contributed by atoms with Crippen LogP contribution in [0.4, 0.5) is 0 Å². The largest absolute Gasteiger partial charge is 0.497 e. The Balaban J connectivity index is 1.39. The molecule has 0 fully saturated rings. The van der Waals surface area contributed by atoms with E-state index in [0.29, 0.717) is 23.4 Å². The van der Waals surface area contributed by atoms with Crippen LogP contribution < -0.4 is 9.47 Å². The van der Waals surface area contributed by atoms with Gasteiger partial charge in [0.05, 0.1) is 7.11 Å². The molecule has 0 amide bonds. The van der Waals surface area contributed by atoms with Gasteiger partial charge >= 0.3 is 0 Å². The van der Waals surface area contributed by atoms with Gasteiger partial charge < -0.3 is 18.4 Å². The summed E-state index contributed by atoms with van der Waals surface area (Å²) in [5.74, 6) is 2.78. The Morgan fingerprint density at radius 1 is 0.885 bits per heavy atom. The van der Waals surface area contributed by atoms with Crippen LogP contribution in [-0.4, -0.2) is 27.4 Å². The summed E-state index contributed by atoms with van der Waals surface area (Å²) in [7, 11) is 1.62. The van der Waals surface area contributed by atoms with E-state index in [1.165, 1.54) is 6.39 Å². The Labute approximate surface area is 148 Å². The van der Waals surface area contributed by atoms with Crippen molar-refractivity contribution in [2.24, 2.45) is 0 Å². The van der Waals surface area contributed by atoms with Gasteiger partial charge in [-0.25, -0.2) is 0 Å². The van der Waals surface area contributed by atoms with Gasteiger partial charge in [0.15, 0.2) is 6.61 Å². The van der Waals surface area contributed by atoms with E-state index >= 15 is 0 Å². The van der Waals surface area contributed by atoms with Gasteiger partial charge in [-0.15, -0.1) is 10.2 Å². The quantitative estimate of drug-likeness (QED) is 0.522. The first-order chi connectivity index (χ1) is 12.8. The third-order valence-corrected chi connectivity index (χ3v) is 3.63. The molecular formula is C18H14N4O4. The zero-order valence-corrected chi connectivity index (χ0v) is 13.8. The Kier molecular flexibility index (Phi) is 4.29. The molecule has 0 aliphatic heterocycles. The third-order valence-electron chi connectivity index (χ3n) is 3.63. The van der Waals surface area contributed by atoms with E-state index in [1.807, 2.05) is 48.5 Å². The van der Waals surface area contributed by atoms with E-state index in [0.717, 1.165) is 16.9 Å². The van der Waals surface area contributed by atoms with Crippen LogP contribution in [0, 0.1) is 0 Å². The highest BCUT2D eigenvalue weighted by Crippen LogP contribution is 2.22. The van der Waals surface area contributed by atoms with Crippen LogP contribution >= 0.6 is 0 Å². The first-order valence-corrected chi connectivity index (χ1v) is 7.78. The summed E-state index contributed by atoms with van der Waals surface area (Å²) in [6.45, 7) is 0.194. The Morgan fingerprint density at radius 2 is 1.58 bits per heavy atom. The zero-order chi connectivity index (χ0) is 17.8. The number of ether oxygens (including phenoxy) is 2. The molecule has 0 radical (unpaired) electrons. The Bertz CT molecular complexity index is 963. The first kappa shape index (κ1) is 15.8. The van der Waals surface area contributed by atoms with Crippen LogP contribution in [0.15, 0.2) is 63.9 Å².